The Labute approximate surface area is 145 Å². The lowest BCUT2D eigenvalue weighted by molar-refractivity contribution is -0.133. The summed E-state index contributed by atoms with van der Waals surface area (Å²) in [5, 5.41) is 7.21. The van der Waals surface area contributed by atoms with E-state index >= 15 is 0 Å². The highest BCUT2D eigenvalue weighted by molar-refractivity contribution is 7.21. The van der Waals surface area contributed by atoms with E-state index in [1.165, 1.54) is 0 Å². The van der Waals surface area contributed by atoms with Crippen molar-refractivity contribution in [3.8, 4) is 5.75 Å². The van der Waals surface area contributed by atoms with E-state index in [0.717, 1.165) is 20.7 Å². The lowest BCUT2D eigenvalue weighted by Gasteiger charge is -2.12. The average Bonchev–Trinajstić information content (AvgIpc) is 2.98. The fourth-order valence-electron chi connectivity index (χ4n) is 2.27. The molecule has 0 unspecified atom stereocenters. The van der Waals surface area contributed by atoms with Crippen molar-refractivity contribution in [2.24, 2.45) is 5.10 Å². The predicted molar refractivity (Wildman–Crippen MR) is 100 cm³/mol. The molecule has 1 heterocycles. The molecule has 1 aromatic heterocycles. The molecule has 0 N–H and O–H groups in total. The van der Waals surface area contributed by atoms with E-state index in [4.69, 9.17) is 4.74 Å². The van der Waals surface area contributed by atoms with E-state index < -0.39 is 0 Å². The fraction of sp³-hybridized carbons (Fsp3) is 0.158. The highest BCUT2D eigenvalue weighted by Crippen LogP contribution is 2.37. The van der Waals surface area contributed by atoms with Gasteiger partial charge in [-0.3, -0.25) is 9.80 Å². The van der Waals surface area contributed by atoms with Crippen LogP contribution in [0, 0.1) is 0 Å². The maximum atomic E-state index is 11.8. The SMILES string of the molecule is CCC(=O)Oc1c(/C=N\N(C)c2ccccc2)sc2ccccc12. The maximum absolute atomic E-state index is 11.8. The van der Waals surface area contributed by atoms with E-state index in [9.17, 15) is 4.79 Å². The summed E-state index contributed by atoms with van der Waals surface area (Å²) in [7, 11) is 1.89. The molecule has 24 heavy (non-hydrogen) atoms. The molecule has 0 spiro atoms. The van der Waals surface area contributed by atoms with Crippen molar-refractivity contribution in [1.29, 1.82) is 0 Å². The quantitative estimate of drug-likeness (QED) is 0.385. The number of esters is 1. The van der Waals surface area contributed by atoms with Crippen molar-refractivity contribution in [3.63, 3.8) is 0 Å². The number of rotatable bonds is 5. The van der Waals surface area contributed by atoms with Crippen LogP contribution in [0.2, 0.25) is 0 Å². The summed E-state index contributed by atoms with van der Waals surface area (Å²) in [5.41, 5.74) is 0.988. The van der Waals surface area contributed by atoms with Gasteiger partial charge in [0.1, 0.15) is 0 Å². The molecule has 0 radical (unpaired) electrons. The second-order valence-corrected chi connectivity index (χ2v) is 6.31. The molecule has 0 aliphatic carbocycles. The normalized spacial score (nSPS) is 11.1. The summed E-state index contributed by atoms with van der Waals surface area (Å²) in [5.74, 6) is 0.345. The zero-order chi connectivity index (χ0) is 16.9. The molecule has 0 fully saturated rings. The number of fused-ring (bicyclic) bond motifs is 1. The Morgan fingerprint density at radius 1 is 1.17 bits per heavy atom. The third kappa shape index (κ3) is 3.46. The van der Waals surface area contributed by atoms with Gasteiger partial charge < -0.3 is 4.74 Å². The Balaban J connectivity index is 1.94. The molecule has 0 bridgehead atoms. The van der Waals surface area contributed by atoms with Gasteiger partial charge in [-0.05, 0) is 24.3 Å². The Morgan fingerprint density at radius 2 is 1.88 bits per heavy atom. The second kappa shape index (κ2) is 7.27. The first-order chi connectivity index (χ1) is 11.7. The number of hydrogen-bond donors (Lipinski definition) is 0. The molecule has 3 aromatic rings. The van der Waals surface area contributed by atoms with Crippen LogP contribution < -0.4 is 9.75 Å². The van der Waals surface area contributed by atoms with Gasteiger partial charge in [0.2, 0.25) is 0 Å². The van der Waals surface area contributed by atoms with Gasteiger partial charge in [-0.2, -0.15) is 5.10 Å². The van der Waals surface area contributed by atoms with Gasteiger partial charge in [0.25, 0.3) is 0 Å². The summed E-state index contributed by atoms with van der Waals surface area (Å²) in [6.07, 6.45) is 2.08. The topological polar surface area (TPSA) is 41.9 Å². The summed E-state index contributed by atoms with van der Waals surface area (Å²) >= 11 is 1.56. The molecular formula is C19H18N2O2S. The van der Waals surface area contributed by atoms with Crippen LogP contribution in [-0.2, 0) is 4.79 Å². The van der Waals surface area contributed by atoms with Crippen molar-refractivity contribution in [1.82, 2.24) is 0 Å². The minimum absolute atomic E-state index is 0.246. The first-order valence-electron chi connectivity index (χ1n) is 7.74. The highest BCUT2D eigenvalue weighted by Gasteiger charge is 2.15. The second-order valence-electron chi connectivity index (χ2n) is 5.22. The van der Waals surface area contributed by atoms with Gasteiger partial charge in [0.15, 0.2) is 5.75 Å². The van der Waals surface area contributed by atoms with E-state index in [-0.39, 0.29) is 5.97 Å². The number of hydrogen-bond acceptors (Lipinski definition) is 5. The minimum atomic E-state index is -0.246. The molecule has 0 saturated heterocycles. The van der Waals surface area contributed by atoms with Crippen LogP contribution >= 0.6 is 11.3 Å². The molecule has 122 valence electrons. The number of benzene rings is 2. The predicted octanol–water partition coefficient (Wildman–Crippen LogP) is 4.69. The van der Waals surface area contributed by atoms with Gasteiger partial charge in [0.05, 0.1) is 16.8 Å². The van der Waals surface area contributed by atoms with Crippen molar-refractivity contribution in [2.45, 2.75) is 13.3 Å². The molecule has 3 rings (SSSR count). The van der Waals surface area contributed by atoms with Crippen molar-refractivity contribution in [3.05, 3.63) is 59.5 Å². The van der Waals surface area contributed by atoms with E-state index in [0.29, 0.717) is 12.2 Å². The van der Waals surface area contributed by atoms with Crippen LogP contribution in [0.1, 0.15) is 18.2 Å². The van der Waals surface area contributed by atoms with E-state index in [2.05, 4.69) is 5.10 Å². The molecule has 0 saturated carbocycles. The number of carbonyl (C=O) groups is 1. The zero-order valence-corrected chi connectivity index (χ0v) is 14.4. The molecule has 4 nitrogen and oxygen atoms in total. The number of nitrogens with zero attached hydrogens (tertiary/aromatic N) is 2. The Morgan fingerprint density at radius 3 is 2.62 bits per heavy atom. The van der Waals surface area contributed by atoms with Gasteiger partial charge in [-0.15, -0.1) is 11.3 Å². The van der Waals surface area contributed by atoms with Crippen LogP contribution in [0.4, 0.5) is 5.69 Å². The Hall–Kier alpha value is -2.66. The molecule has 0 amide bonds. The van der Waals surface area contributed by atoms with Gasteiger partial charge in [0, 0.05) is 23.6 Å². The molecule has 5 heteroatoms. The van der Waals surface area contributed by atoms with E-state index in [1.54, 1.807) is 29.5 Å². The van der Waals surface area contributed by atoms with Crippen LogP contribution in [0.3, 0.4) is 0 Å². The molecular weight excluding hydrogens is 320 g/mol. The smallest absolute Gasteiger partial charge is 0.310 e. The first kappa shape index (κ1) is 16.2. The number of hydrazone groups is 1. The summed E-state index contributed by atoms with van der Waals surface area (Å²) in [6, 6.07) is 17.8. The molecule has 2 aromatic carbocycles. The maximum Gasteiger partial charge on any atom is 0.310 e. The van der Waals surface area contributed by atoms with Gasteiger partial charge in [-0.25, -0.2) is 0 Å². The number of para-hydroxylation sites is 1. The van der Waals surface area contributed by atoms with Crippen molar-refractivity contribution < 1.29 is 9.53 Å². The van der Waals surface area contributed by atoms with Crippen LogP contribution in [-0.4, -0.2) is 19.2 Å². The van der Waals surface area contributed by atoms with Crippen LogP contribution in [0.15, 0.2) is 59.7 Å². The molecule has 0 atom stereocenters. The Bertz CT molecular complexity index is 871. The monoisotopic (exact) mass is 338 g/mol. The zero-order valence-electron chi connectivity index (χ0n) is 13.6. The Kier molecular flexibility index (Phi) is 4.91. The number of thiophene rings is 1. The lowest BCUT2D eigenvalue weighted by Crippen LogP contribution is -2.09. The fourth-order valence-corrected chi connectivity index (χ4v) is 3.26. The van der Waals surface area contributed by atoms with E-state index in [1.807, 2.05) is 61.6 Å². The first-order valence-corrected chi connectivity index (χ1v) is 8.55. The number of anilines is 1. The number of ether oxygens (including phenoxy) is 1. The lowest BCUT2D eigenvalue weighted by atomic mass is 10.2. The minimum Gasteiger partial charge on any atom is -0.424 e. The average molecular weight is 338 g/mol. The summed E-state index contributed by atoms with van der Waals surface area (Å²) in [4.78, 5) is 12.6. The summed E-state index contributed by atoms with van der Waals surface area (Å²) < 4.78 is 6.62. The van der Waals surface area contributed by atoms with Crippen LogP contribution in [0.5, 0.6) is 5.75 Å². The third-order valence-corrected chi connectivity index (χ3v) is 4.64. The standard InChI is InChI=1S/C19H18N2O2S/c1-3-18(22)23-19-15-11-7-8-12-16(15)24-17(19)13-20-21(2)14-9-5-4-6-10-14/h4-13H,3H2,1-2H3/b20-13-. The third-order valence-electron chi connectivity index (χ3n) is 3.56. The largest absolute Gasteiger partial charge is 0.424 e. The molecule has 0 aliphatic rings. The molecule has 0 aliphatic heterocycles. The number of carbonyl (C=O) groups excluding carboxylic acids is 1. The summed E-state index contributed by atoms with van der Waals surface area (Å²) in [6.45, 7) is 1.79. The van der Waals surface area contributed by atoms with Crippen molar-refractivity contribution >= 4 is 39.3 Å². The van der Waals surface area contributed by atoms with Crippen molar-refractivity contribution in [2.75, 3.05) is 12.1 Å². The van der Waals surface area contributed by atoms with Gasteiger partial charge >= 0.3 is 5.97 Å². The highest BCUT2D eigenvalue weighted by atomic mass is 32.1. The van der Waals surface area contributed by atoms with Crippen LogP contribution in [0.25, 0.3) is 10.1 Å². The van der Waals surface area contributed by atoms with Gasteiger partial charge in [-0.1, -0.05) is 37.3 Å².